The van der Waals surface area contributed by atoms with Gasteiger partial charge in [0.1, 0.15) is 0 Å². The van der Waals surface area contributed by atoms with E-state index >= 15 is 0 Å². The minimum Gasteiger partial charge on any atom is -0.389 e. The van der Waals surface area contributed by atoms with Gasteiger partial charge in [-0.05, 0) is 44.9 Å². The topological polar surface area (TPSA) is 32.3 Å². The fraction of sp³-hybridized carbons (Fsp3) is 1.00. The lowest BCUT2D eigenvalue weighted by atomic mass is 9.79. The van der Waals surface area contributed by atoms with Crippen LogP contribution in [-0.4, -0.2) is 23.3 Å². The van der Waals surface area contributed by atoms with E-state index in [-0.39, 0.29) is 0 Å². The second kappa shape index (κ2) is 4.63. The van der Waals surface area contributed by atoms with Gasteiger partial charge in [-0.3, -0.25) is 0 Å². The molecular weight excluding hydrogens is 174 g/mol. The van der Waals surface area contributed by atoms with Crippen LogP contribution in [0.3, 0.4) is 0 Å². The standard InChI is InChI=1S/C12H25NO/c1-9-5-6-11(7-10(9)2)13-8-12(3,4)14/h9-11,13-14H,5-8H2,1-4H3/t9-,10+,11-/m1/s1. The molecule has 0 amide bonds. The SMILES string of the molecule is C[C@@H]1CC[C@@H](NCC(C)(C)O)C[C@@H]1C. The first-order valence-corrected chi connectivity index (χ1v) is 5.84. The molecule has 0 radical (unpaired) electrons. The summed E-state index contributed by atoms with van der Waals surface area (Å²) in [5, 5.41) is 13.1. The molecule has 1 saturated carbocycles. The molecule has 14 heavy (non-hydrogen) atoms. The van der Waals surface area contributed by atoms with Crippen molar-refractivity contribution in [2.75, 3.05) is 6.54 Å². The van der Waals surface area contributed by atoms with Crippen LogP contribution in [0.2, 0.25) is 0 Å². The molecule has 2 N–H and O–H groups in total. The summed E-state index contributed by atoms with van der Waals surface area (Å²) >= 11 is 0. The molecule has 84 valence electrons. The highest BCUT2D eigenvalue weighted by Gasteiger charge is 2.25. The summed E-state index contributed by atoms with van der Waals surface area (Å²) in [5.41, 5.74) is -0.577. The van der Waals surface area contributed by atoms with Gasteiger partial charge < -0.3 is 10.4 Å². The molecule has 3 atom stereocenters. The molecular formula is C12H25NO. The number of hydrogen-bond donors (Lipinski definition) is 2. The van der Waals surface area contributed by atoms with Crippen molar-refractivity contribution in [3.05, 3.63) is 0 Å². The summed E-state index contributed by atoms with van der Waals surface area (Å²) < 4.78 is 0. The Kier molecular flexibility index (Phi) is 3.96. The van der Waals surface area contributed by atoms with Crippen LogP contribution in [-0.2, 0) is 0 Å². The van der Waals surface area contributed by atoms with Gasteiger partial charge in [0.15, 0.2) is 0 Å². The summed E-state index contributed by atoms with van der Waals surface area (Å²) in [7, 11) is 0. The van der Waals surface area contributed by atoms with Gasteiger partial charge in [0.25, 0.3) is 0 Å². The van der Waals surface area contributed by atoms with Gasteiger partial charge in [-0.15, -0.1) is 0 Å². The lowest BCUT2D eigenvalue weighted by molar-refractivity contribution is 0.0715. The maximum Gasteiger partial charge on any atom is 0.0715 e. The zero-order valence-electron chi connectivity index (χ0n) is 10.0. The molecule has 0 aliphatic heterocycles. The first-order chi connectivity index (χ1) is 6.38. The van der Waals surface area contributed by atoms with Crippen LogP contribution >= 0.6 is 0 Å². The van der Waals surface area contributed by atoms with Gasteiger partial charge in [-0.25, -0.2) is 0 Å². The molecule has 1 fully saturated rings. The lowest BCUT2D eigenvalue weighted by Crippen LogP contribution is -2.43. The number of aliphatic hydroxyl groups is 1. The average molecular weight is 199 g/mol. The van der Waals surface area contributed by atoms with Gasteiger partial charge >= 0.3 is 0 Å². The van der Waals surface area contributed by atoms with Crippen LogP contribution in [0, 0.1) is 11.8 Å². The fourth-order valence-electron chi connectivity index (χ4n) is 2.13. The second-order valence-electron chi connectivity index (χ2n) is 5.66. The van der Waals surface area contributed by atoms with Crippen molar-refractivity contribution in [1.29, 1.82) is 0 Å². The predicted octanol–water partition coefficient (Wildman–Crippen LogP) is 2.17. The lowest BCUT2D eigenvalue weighted by Gasteiger charge is -2.34. The third-order valence-electron chi connectivity index (χ3n) is 3.42. The number of nitrogens with one attached hydrogen (secondary N) is 1. The molecule has 1 aliphatic rings. The van der Waals surface area contributed by atoms with E-state index in [4.69, 9.17) is 0 Å². The summed E-state index contributed by atoms with van der Waals surface area (Å²) in [6.07, 6.45) is 3.85. The van der Waals surface area contributed by atoms with Gasteiger partial charge in [-0.1, -0.05) is 13.8 Å². The highest BCUT2D eigenvalue weighted by molar-refractivity contribution is 4.81. The van der Waals surface area contributed by atoms with Gasteiger partial charge in [-0.2, -0.15) is 0 Å². The van der Waals surface area contributed by atoms with E-state index in [1.807, 2.05) is 13.8 Å². The summed E-state index contributed by atoms with van der Waals surface area (Å²) in [6.45, 7) is 9.10. The van der Waals surface area contributed by atoms with E-state index in [0.29, 0.717) is 12.6 Å². The molecule has 0 aromatic rings. The third-order valence-corrected chi connectivity index (χ3v) is 3.42. The molecule has 0 unspecified atom stereocenters. The van der Waals surface area contributed by atoms with E-state index in [0.717, 1.165) is 11.8 Å². The minimum atomic E-state index is -0.577. The minimum absolute atomic E-state index is 0.577. The summed E-state index contributed by atoms with van der Waals surface area (Å²) in [6, 6.07) is 0.618. The number of hydrogen-bond acceptors (Lipinski definition) is 2. The highest BCUT2D eigenvalue weighted by atomic mass is 16.3. The Morgan fingerprint density at radius 2 is 1.86 bits per heavy atom. The molecule has 0 aromatic carbocycles. The van der Waals surface area contributed by atoms with Gasteiger partial charge in [0.05, 0.1) is 5.60 Å². The van der Waals surface area contributed by atoms with Crippen molar-refractivity contribution >= 4 is 0 Å². The molecule has 0 bridgehead atoms. The van der Waals surface area contributed by atoms with Gasteiger partial charge in [0.2, 0.25) is 0 Å². The zero-order valence-corrected chi connectivity index (χ0v) is 10.0. The van der Waals surface area contributed by atoms with E-state index in [2.05, 4.69) is 19.2 Å². The zero-order chi connectivity index (χ0) is 10.8. The van der Waals surface area contributed by atoms with Crippen LogP contribution in [0.4, 0.5) is 0 Å². The fourth-order valence-corrected chi connectivity index (χ4v) is 2.13. The van der Waals surface area contributed by atoms with Crippen LogP contribution in [0.15, 0.2) is 0 Å². The van der Waals surface area contributed by atoms with Crippen LogP contribution in [0.5, 0.6) is 0 Å². The molecule has 0 aromatic heterocycles. The molecule has 1 rings (SSSR count). The summed E-state index contributed by atoms with van der Waals surface area (Å²) in [5.74, 6) is 1.69. The largest absolute Gasteiger partial charge is 0.389 e. The Balaban J connectivity index is 2.27. The van der Waals surface area contributed by atoms with Crippen LogP contribution in [0.25, 0.3) is 0 Å². The molecule has 0 spiro atoms. The van der Waals surface area contributed by atoms with Crippen molar-refractivity contribution in [2.24, 2.45) is 11.8 Å². The Hall–Kier alpha value is -0.0800. The first kappa shape index (κ1) is 12.0. The third kappa shape index (κ3) is 3.97. The summed E-state index contributed by atoms with van der Waals surface area (Å²) in [4.78, 5) is 0. The normalized spacial score (nSPS) is 34.5. The molecule has 1 aliphatic carbocycles. The van der Waals surface area contributed by atoms with Crippen LogP contribution in [0.1, 0.15) is 47.0 Å². The number of rotatable bonds is 3. The quantitative estimate of drug-likeness (QED) is 0.730. The maximum absolute atomic E-state index is 9.60. The Morgan fingerprint density at radius 3 is 2.36 bits per heavy atom. The predicted molar refractivity (Wildman–Crippen MR) is 60.3 cm³/mol. The van der Waals surface area contributed by atoms with E-state index in [1.54, 1.807) is 0 Å². The van der Waals surface area contributed by atoms with Gasteiger partial charge in [0, 0.05) is 12.6 Å². The molecule has 2 nitrogen and oxygen atoms in total. The average Bonchev–Trinajstić information content (AvgIpc) is 2.06. The van der Waals surface area contributed by atoms with Crippen molar-refractivity contribution in [2.45, 2.75) is 58.6 Å². The molecule has 0 heterocycles. The first-order valence-electron chi connectivity index (χ1n) is 5.84. The second-order valence-corrected chi connectivity index (χ2v) is 5.66. The van der Waals surface area contributed by atoms with E-state index in [1.165, 1.54) is 19.3 Å². The highest BCUT2D eigenvalue weighted by Crippen LogP contribution is 2.29. The maximum atomic E-state index is 9.60. The smallest absolute Gasteiger partial charge is 0.0715 e. The van der Waals surface area contributed by atoms with Crippen molar-refractivity contribution in [3.63, 3.8) is 0 Å². The van der Waals surface area contributed by atoms with Crippen LogP contribution < -0.4 is 5.32 Å². The Morgan fingerprint density at radius 1 is 1.21 bits per heavy atom. The van der Waals surface area contributed by atoms with E-state index in [9.17, 15) is 5.11 Å². The van der Waals surface area contributed by atoms with E-state index < -0.39 is 5.60 Å². The monoisotopic (exact) mass is 199 g/mol. The van der Waals surface area contributed by atoms with Crippen molar-refractivity contribution in [1.82, 2.24) is 5.32 Å². The Bertz CT molecular complexity index is 174. The van der Waals surface area contributed by atoms with Crippen molar-refractivity contribution < 1.29 is 5.11 Å². The molecule has 0 saturated heterocycles. The Labute approximate surface area is 88.1 Å². The van der Waals surface area contributed by atoms with Crippen molar-refractivity contribution in [3.8, 4) is 0 Å². The molecule has 2 heteroatoms.